The number of rotatable bonds is 7. The summed E-state index contributed by atoms with van der Waals surface area (Å²) in [6.45, 7) is 1.66. The number of nitrogens with one attached hydrogen (secondary N) is 2. The number of methoxy groups -OCH3 is 2. The summed E-state index contributed by atoms with van der Waals surface area (Å²) in [6.07, 6.45) is 1.44. The van der Waals surface area contributed by atoms with Gasteiger partial charge in [0.25, 0.3) is 0 Å². The average molecular weight is 448 g/mol. The Morgan fingerprint density at radius 2 is 1.67 bits per heavy atom. The highest BCUT2D eigenvalue weighted by atomic mass is 16.5. The molecule has 0 radical (unpaired) electrons. The molecule has 0 atom stereocenters. The van der Waals surface area contributed by atoms with Gasteiger partial charge in [0.1, 0.15) is 11.5 Å². The van der Waals surface area contributed by atoms with Crippen molar-refractivity contribution in [1.82, 2.24) is 4.90 Å². The summed E-state index contributed by atoms with van der Waals surface area (Å²) in [6, 6.07) is 19.2. The third-order valence-corrected chi connectivity index (χ3v) is 6.06. The van der Waals surface area contributed by atoms with Crippen molar-refractivity contribution in [1.29, 1.82) is 0 Å². The first-order valence-electron chi connectivity index (χ1n) is 11.1. The van der Waals surface area contributed by atoms with Crippen LogP contribution in [0.15, 0.2) is 60.7 Å². The van der Waals surface area contributed by atoms with Crippen LogP contribution in [0.2, 0.25) is 0 Å². The van der Waals surface area contributed by atoms with Crippen LogP contribution in [0.1, 0.15) is 12.8 Å². The average Bonchev–Trinajstić information content (AvgIpc) is 2.85. The zero-order valence-electron chi connectivity index (χ0n) is 19.0. The minimum Gasteiger partial charge on any atom is -0.497 e. The van der Waals surface area contributed by atoms with E-state index in [9.17, 15) is 9.59 Å². The van der Waals surface area contributed by atoms with Crippen LogP contribution in [0, 0.1) is 5.92 Å². The minimum atomic E-state index is -0.114. The second kappa shape index (κ2) is 10.4. The van der Waals surface area contributed by atoms with E-state index in [1.165, 1.54) is 0 Å². The summed E-state index contributed by atoms with van der Waals surface area (Å²) >= 11 is 0. The topological polar surface area (TPSA) is 79.9 Å². The SMILES string of the molecule is COc1ccc(NC(=O)CN2CCC(C(=O)Nc3cccc4ccccc34)CC2)c(OC)c1. The molecule has 0 aliphatic carbocycles. The number of anilines is 2. The highest BCUT2D eigenvalue weighted by molar-refractivity contribution is 6.02. The third-order valence-electron chi connectivity index (χ3n) is 6.06. The molecule has 7 heteroatoms. The molecule has 3 aromatic carbocycles. The second-order valence-electron chi connectivity index (χ2n) is 8.18. The Kier molecular flexibility index (Phi) is 7.10. The van der Waals surface area contributed by atoms with Crippen molar-refractivity contribution in [2.24, 2.45) is 5.92 Å². The maximum Gasteiger partial charge on any atom is 0.238 e. The largest absolute Gasteiger partial charge is 0.497 e. The number of nitrogens with zero attached hydrogens (tertiary/aromatic N) is 1. The summed E-state index contributed by atoms with van der Waals surface area (Å²) in [7, 11) is 3.14. The van der Waals surface area contributed by atoms with Gasteiger partial charge < -0.3 is 20.1 Å². The Morgan fingerprint density at radius 1 is 0.909 bits per heavy atom. The van der Waals surface area contributed by atoms with Gasteiger partial charge in [0.05, 0.1) is 26.5 Å². The quantitative estimate of drug-likeness (QED) is 0.569. The van der Waals surface area contributed by atoms with Crippen molar-refractivity contribution in [3.8, 4) is 11.5 Å². The monoisotopic (exact) mass is 447 g/mol. The van der Waals surface area contributed by atoms with Crippen LogP contribution in [0.3, 0.4) is 0 Å². The van der Waals surface area contributed by atoms with Gasteiger partial charge >= 0.3 is 0 Å². The van der Waals surface area contributed by atoms with Gasteiger partial charge in [-0.05, 0) is 49.5 Å². The lowest BCUT2D eigenvalue weighted by atomic mass is 9.95. The first-order valence-corrected chi connectivity index (χ1v) is 11.1. The van der Waals surface area contributed by atoms with E-state index >= 15 is 0 Å². The number of carbonyl (C=O) groups excluding carboxylic acids is 2. The van der Waals surface area contributed by atoms with E-state index in [0.717, 1.165) is 29.3 Å². The number of amides is 2. The Bertz CT molecular complexity index is 1130. The minimum absolute atomic E-state index is 0.0402. The molecule has 33 heavy (non-hydrogen) atoms. The molecule has 7 nitrogen and oxygen atoms in total. The van der Waals surface area contributed by atoms with Gasteiger partial charge in [-0.1, -0.05) is 36.4 Å². The molecule has 1 fully saturated rings. The van der Waals surface area contributed by atoms with E-state index in [4.69, 9.17) is 9.47 Å². The van der Waals surface area contributed by atoms with E-state index in [-0.39, 0.29) is 24.3 Å². The molecular formula is C26H29N3O4. The molecule has 0 unspecified atom stereocenters. The number of likely N-dealkylation sites (tertiary alicyclic amines) is 1. The van der Waals surface area contributed by atoms with E-state index in [0.29, 0.717) is 30.3 Å². The summed E-state index contributed by atoms with van der Waals surface area (Å²) in [5.41, 5.74) is 1.45. The molecule has 0 bridgehead atoms. The lowest BCUT2D eigenvalue weighted by Crippen LogP contribution is -2.41. The van der Waals surface area contributed by atoms with Crippen LogP contribution < -0.4 is 20.1 Å². The second-order valence-corrected chi connectivity index (χ2v) is 8.18. The highest BCUT2D eigenvalue weighted by Crippen LogP contribution is 2.29. The van der Waals surface area contributed by atoms with Crippen LogP contribution in [0.25, 0.3) is 10.8 Å². The van der Waals surface area contributed by atoms with E-state index < -0.39 is 0 Å². The molecule has 2 amide bonds. The molecule has 1 heterocycles. The first-order chi connectivity index (χ1) is 16.1. The van der Waals surface area contributed by atoms with E-state index in [2.05, 4.69) is 15.5 Å². The molecule has 1 aliphatic rings. The molecule has 0 aromatic heterocycles. The molecule has 2 N–H and O–H groups in total. The molecule has 3 aromatic rings. The van der Waals surface area contributed by atoms with Crippen molar-refractivity contribution in [3.63, 3.8) is 0 Å². The smallest absolute Gasteiger partial charge is 0.238 e. The molecule has 0 spiro atoms. The summed E-state index contributed by atoms with van der Waals surface area (Å²) in [5, 5.41) is 8.15. The summed E-state index contributed by atoms with van der Waals surface area (Å²) in [5.74, 6) is 1.07. The van der Waals surface area contributed by atoms with E-state index in [1.807, 2.05) is 42.5 Å². The number of ether oxygens (including phenoxy) is 2. The standard InChI is InChI=1S/C26H29N3O4/c1-32-20-10-11-23(24(16-20)33-2)27-25(30)17-29-14-12-19(13-15-29)26(31)28-22-9-5-7-18-6-3-4-8-21(18)22/h3-11,16,19H,12-15,17H2,1-2H3,(H,27,30)(H,28,31). The number of fused-ring (bicyclic) bond motifs is 1. The van der Waals surface area contributed by atoms with Crippen LogP contribution in [-0.4, -0.2) is 50.6 Å². The Morgan fingerprint density at radius 3 is 2.42 bits per heavy atom. The Labute approximate surface area is 193 Å². The Balaban J connectivity index is 1.29. The number of hydrogen-bond donors (Lipinski definition) is 2. The summed E-state index contributed by atoms with van der Waals surface area (Å²) in [4.78, 5) is 27.5. The predicted octanol–water partition coefficient (Wildman–Crippen LogP) is 4.15. The van der Waals surface area contributed by atoms with Gasteiger partial charge in [-0.3, -0.25) is 14.5 Å². The lowest BCUT2D eigenvalue weighted by Gasteiger charge is -2.30. The maximum absolute atomic E-state index is 12.9. The van der Waals surface area contributed by atoms with Gasteiger partial charge in [0.15, 0.2) is 0 Å². The van der Waals surface area contributed by atoms with Gasteiger partial charge in [-0.25, -0.2) is 0 Å². The van der Waals surface area contributed by atoms with Gasteiger partial charge in [-0.2, -0.15) is 0 Å². The van der Waals surface area contributed by atoms with Crippen LogP contribution in [0.4, 0.5) is 11.4 Å². The summed E-state index contributed by atoms with van der Waals surface area (Å²) < 4.78 is 10.5. The van der Waals surface area contributed by atoms with Crippen LogP contribution >= 0.6 is 0 Å². The number of benzene rings is 3. The van der Waals surface area contributed by atoms with Crippen molar-refractivity contribution < 1.29 is 19.1 Å². The van der Waals surface area contributed by atoms with Gasteiger partial charge in [0, 0.05) is 23.1 Å². The molecule has 1 saturated heterocycles. The zero-order valence-corrected chi connectivity index (χ0v) is 19.0. The highest BCUT2D eigenvalue weighted by Gasteiger charge is 2.26. The van der Waals surface area contributed by atoms with Gasteiger partial charge in [-0.15, -0.1) is 0 Å². The molecule has 172 valence electrons. The predicted molar refractivity (Wildman–Crippen MR) is 130 cm³/mol. The van der Waals surface area contributed by atoms with Crippen LogP contribution in [0.5, 0.6) is 11.5 Å². The molecule has 1 aliphatic heterocycles. The van der Waals surface area contributed by atoms with Crippen molar-refractivity contribution in [2.45, 2.75) is 12.8 Å². The van der Waals surface area contributed by atoms with Crippen molar-refractivity contribution in [3.05, 3.63) is 60.7 Å². The Hall–Kier alpha value is -3.58. The fourth-order valence-corrected chi connectivity index (χ4v) is 4.22. The number of carbonyl (C=O) groups is 2. The lowest BCUT2D eigenvalue weighted by molar-refractivity contribution is -0.121. The van der Waals surface area contributed by atoms with Crippen molar-refractivity contribution >= 4 is 34.0 Å². The fourth-order valence-electron chi connectivity index (χ4n) is 4.22. The van der Waals surface area contributed by atoms with E-state index in [1.54, 1.807) is 32.4 Å². The first kappa shape index (κ1) is 22.6. The zero-order chi connectivity index (χ0) is 23.2. The fraction of sp³-hybridized carbons (Fsp3) is 0.308. The van der Waals surface area contributed by atoms with Crippen molar-refractivity contribution in [2.75, 3.05) is 44.5 Å². The van der Waals surface area contributed by atoms with Gasteiger partial charge in [0.2, 0.25) is 11.8 Å². The number of hydrogen-bond acceptors (Lipinski definition) is 5. The molecular weight excluding hydrogens is 418 g/mol. The normalized spacial score (nSPS) is 14.6. The molecule has 0 saturated carbocycles. The van der Waals surface area contributed by atoms with Crippen LogP contribution in [-0.2, 0) is 9.59 Å². The maximum atomic E-state index is 12.9. The number of piperidine rings is 1. The molecule has 4 rings (SSSR count). The third kappa shape index (κ3) is 5.43.